The van der Waals surface area contributed by atoms with Gasteiger partial charge in [-0.05, 0) is 36.4 Å². The minimum Gasteiger partial charge on any atom is -0.455 e. The standard InChI is InChI=1S/C26H22N6O4S/c33-24(17-32-26(35)20-10-4-7-13-23(20)37-32)27-14-18-15-31(30-29-18)16-25(34)28-21-11-5-6-12-22(21)36-19-8-2-1-3-9-19/h1-13,15H,14,16-17H2,(H,27,33)(H,28,34). The maximum atomic E-state index is 12.6. The Morgan fingerprint density at radius 1 is 0.892 bits per heavy atom. The normalized spacial score (nSPS) is 10.8. The molecule has 186 valence electrons. The molecule has 0 aliphatic rings. The highest BCUT2D eigenvalue weighted by Crippen LogP contribution is 2.29. The van der Waals surface area contributed by atoms with E-state index in [1.165, 1.54) is 20.2 Å². The molecule has 0 bridgehead atoms. The lowest BCUT2D eigenvalue weighted by molar-refractivity contribution is -0.121. The topological polar surface area (TPSA) is 120 Å². The lowest BCUT2D eigenvalue weighted by atomic mass is 10.3. The zero-order chi connectivity index (χ0) is 25.6. The van der Waals surface area contributed by atoms with Crippen LogP contribution in [0.25, 0.3) is 10.1 Å². The van der Waals surface area contributed by atoms with Gasteiger partial charge in [-0.1, -0.05) is 59.2 Å². The van der Waals surface area contributed by atoms with Crippen LogP contribution < -0.4 is 20.9 Å². The summed E-state index contributed by atoms with van der Waals surface area (Å²) >= 11 is 1.24. The molecule has 0 saturated heterocycles. The summed E-state index contributed by atoms with van der Waals surface area (Å²) in [7, 11) is 0. The number of para-hydroxylation sites is 3. The number of nitrogens with one attached hydrogen (secondary N) is 2. The van der Waals surface area contributed by atoms with Gasteiger partial charge in [0.25, 0.3) is 5.56 Å². The van der Waals surface area contributed by atoms with Crippen LogP contribution in [-0.2, 0) is 29.2 Å². The van der Waals surface area contributed by atoms with Crippen LogP contribution in [0.1, 0.15) is 5.69 Å². The average molecular weight is 515 g/mol. The number of ether oxygens (including phenoxy) is 1. The van der Waals surface area contributed by atoms with E-state index >= 15 is 0 Å². The van der Waals surface area contributed by atoms with Crippen molar-refractivity contribution in [2.45, 2.75) is 19.6 Å². The molecular formula is C26H22N6O4S. The molecule has 0 spiro atoms. The zero-order valence-electron chi connectivity index (χ0n) is 19.5. The highest BCUT2D eigenvalue weighted by Gasteiger charge is 2.13. The molecule has 0 aliphatic heterocycles. The molecule has 37 heavy (non-hydrogen) atoms. The number of aromatic nitrogens is 4. The van der Waals surface area contributed by atoms with Gasteiger partial charge in [-0.2, -0.15) is 0 Å². The van der Waals surface area contributed by atoms with Crippen LogP contribution >= 0.6 is 11.5 Å². The number of benzene rings is 3. The van der Waals surface area contributed by atoms with E-state index in [0.717, 1.165) is 4.70 Å². The van der Waals surface area contributed by atoms with Gasteiger partial charge in [0.1, 0.15) is 24.5 Å². The molecule has 2 N–H and O–H groups in total. The Labute approximate surface area is 215 Å². The van der Waals surface area contributed by atoms with Gasteiger partial charge < -0.3 is 15.4 Å². The monoisotopic (exact) mass is 514 g/mol. The summed E-state index contributed by atoms with van der Waals surface area (Å²) in [5, 5.41) is 14.1. The summed E-state index contributed by atoms with van der Waals surface area (Å²) in [5.41, 5.74) is 0.821. The van der Waals surface area contributed by atoms with Crippen molar-refractivity contribution >= 4 is 39.1 Å². The van der Waals surface area contributed by atoms with E-state index in [1.54, 1.807) is 36.5 Å². The van der Waals surface area contributed by atoms with Crippen LogP contribution in [0.5, 0.6) is 11.5 Å². The van der Waals surface area contributed by atoms with E-state index in [9.17, 15) is 14.4 Å². The average Bonchev–Trinajstić information content (AvgIpc) is 3.48. The minimum absolute atomic E-state index is 0.0716. The molecule has 0 aliphatic carbocycles. The molecule has 2 aromatic heterocycles. The second-order valence-electron chi connectivity index (χ2n) is 8.07. The van der Waals surface area contributed by atoms with Crippen LogP contribution in [0.15, 0.2) is 89.9 Å². The first kappa shape index (κ1) is 23.9. The van der Waals surface area contributed by atoms with Crippen molar-refractivity contribution in [2.24, 2.45) is 0 Å². The smallest absolute Gasteiger partial charge is 0.268 e. The predicted octanol–water partition coefficient (Wildman–Crippen LogP) is 3.40. The maximum Gasteiger partial charge on any atom is 0.268 e. The lowest BCUT2D eigenvalue weighted by Gasteiger charge is -2.12. The Hall–Kier alpha value is -4.77. The highest BCUT2D eigenvalue weighted by atomic mass is 32.1. The van der Waals surface area contributed by atoms with Crippen molar-refractivity contribution in [3.8, 4) is 11.5 Å². The van der Waals surface area contributed by atoms with Gasteiger partial charge in [0.2, 0.25) is 11.8 Å². The second kappa shape index (κ2) is 10.9. The molecule has 2 amide bonds. The zero-order valence-corrected chi connectivity index (χ0v) is 20.4. The van der Waals surface area contributed by atoms with E-state index < -0.39 is 0 Å². The predicted molar refractivity (Wildman–Crippen MR) is 140 cm³/mol. The molecule has 10 nitrogen and oxygen atoms in total. The lowest BCUT2D eigenvalue weighted by Crippen LogP contribution is -2.29. The van der Waals surface area contributed by atoms with E-state index in [0.29, 0.717) is 28.3 Å². The summed E-state index contributed by atoms with van der Waals surface area (Å²) in [6, 6.07) is 23.7. The van der Waals surface area contributed by atoms with E-state index in [4.69, 9.17) is 4.74 Å². The van der Waals surface area contributed by atoms with Crippen LogP contribution in [0, 0.1) is 0 Å². The molecule has 2 heterocycles. The maximum absolute atomic E-state index is 12.6. The molecule has 3 aromatic carbocycles. The van der Waals surface area contributed by atoms with Crippen molar-refractivity contribution in [1.82, 2.24) is 24.3 Å². The Morgan fingerprint density at radius 2 is 1.65 bits per heavy atom. The fraction of sp³-hybridized carbons (Fsp3) is 0.115. The molecule has 0 atom stereocenters. The summed E-state index contributed by atoms with van der Waals surface area (Å²) < 4.78 is 9.51. The molecule has 0 saturated carbocycles. The van der Waals surface area contributed by atoms with Crippen LogP contribution in [0.3, 0.4) is 0 Å². The molecule has 0 radical (unpaired) electrons. The fourth-order valence-electron chi connectivity index (χ4n) is 3.61. The number of hydrogen-bond donors (Lipinski definition) is 2. The van der Waals surface area contributed by atoms with Gasteiger partial charge in [-0.3, -0.25) is 18.3 Å². The summed E-state index contributed by atoms with van der Waals surface area (Å²) in [4.78, 5) is 37.4. The second-order valence-corrected chi connectivity index (χ2v) is 9.14. The summed E-state index contributed by atoms with van der Waals surface area (Å²) in [5.74, 6) is 0.538. The van der Waals surface area contributed by atoms with Crippen LogP contribution in [-0.4, -0.2) is 30.8 Å². The van der Waals surface area contributed by atoms with Crippen molar-refractivity contribution in [3.63, 3.8) is 0 Å². The Bertz CT molecular complexity index is 1610. The Balaban J connectivity index is 1.14. The van der Waals surface area contributed by atoms with Crippen molar-refractivity contribution in [3.05, 3.63) is 101 Å². The number of carbonyl (C=O) groups is 2. The third kappa shape index (κ3) is 5.90. The Kier molecular flexibility index (Phi) is 7.04. The van der Waals surface area contributed by atoms with Gasteiger partial charge in [-0.25, -0.2) is 4.68 Å². The highest BCUT2D eigenvalue weighted by molar-refractivity contribution is 7.13. The van der Waals surface area contributed by atoms with Crippen molar-refractivity contribution < 1.29 is 14.3 Å². The fourth-order valence-corrected chi connectivity index (χ4v) is 4.60. The number of anilines is 1. The summed E-state index contributed by atoms with van der Waals surface area (Å²) in [6.45, 7) is -0.0369. The minimum atomic E-state index is -0.323. The summed E-state index contributed by atoms with van der Waals surface area (Å²) in [6.07, 6.45) is 1.58. The van der Waals surface area contributed by atoms with Gasteiger partial charge in [0.05, 0.1) is 28.5 Å². The third-order valence-electron chi connectivity index (χ3n) is 5.33. The molecule has 0 fully saturated rings. The quantitative estimate of drug-likeness (QED) is 0.311. The third-order valence-corrected chi connectivity index (χ3v) is 6.40. The van der Waals surface area contributed by atoms with E-state index in [1.807, 2.05) is 48.5 Å². The first-order valence-electron chi connectivity index (χ1n) is 11.4. The number of hydrogen-bond acceptors (Lipinski definition) is 7. The number of fused-ring (bicyclic) bond motifs is 1. The number of carbonyl (C=O) groups excluding carboxylic acids is 2. The van der Waals surface area contributed by atoms with Gasteiger partial charge in [0, 0.05) is 0 Å². The van der Waals surface area contributed by atoms with Crippen molar-refractivity contribution in [1.29, 1.82) is 0 Å². The largest absolute Gasteiger partial charge is 0.455 e. The van der Waals surface area contributed by atoms with Crippen molar-refractivity contribution in [2.75, 3.05) is 5.32 Å². The molecule has 0 unspecified atom stereocenters. The van der Waals surface area contributed by atoms with Crippen LogP contribution in [0.4, 0.5) is 5.69 Å². The number of nitrogens with zero attached hydrogens (tertiary/aromatic N) is 4. The first-order chi connectivity index (χ1) is 18.0. The van der Waals surface area contributed by atoms with Gasteiger partial charge >= 0.3 is 0 Å². The number of rotatable bonds is 9. The molecule has 5 rings (SSSR count). The molecular weight excluding hydrogens is 492 g/mol. The molecule has 5 aromatic rings. The first-order valence-corrected chi connectivity index (χ1v) is 12.2. The van der Waals surface area contributed by atoms with Gasteiger partial charge in [-0.15, -0.1) is 5.10 Å². The van der Waals surface area contributed by atoms with E-state index in [-0.39, 0.29) is 37.0 Å². The van der Waals surface area contributed by atoms with Gasteiger partial charge in [0.15, 0.2) is 5.75 Å². The van der Waals surface area contributed by atoms with Crippen LogP contribution in [0.2, 0.25) is 0 Å². The van der Waals surface area contributed by atoms with E-state index in [2.05, 4.69) is 20.9 Å². The Morgan fingerprint density at radius 3 is 2.49 bits per heavy atom. The molecule has 11 heteroatoms. The SMILES string of the molecule is O=C(Cn1sc2ccccc2c1=O)NCc1cn(CC(=O)Nc2ccccc2Oc2ccccc2)nn1. The number of amides is 2.